The van der Waals surface area contributed by atoms with E-state index in [4.69, 9.17) is 11.6 Å². The maximum absolute atomic E-state index is 13.0. The summed E-state index contributed by atoms with van der Waals surface area (Å²) < 4.78 is 39.5. The maximum atomic E-state index is 13.0. The maximum Gasteiger partial charge on any atom is 0.418 e. The summed E-state index contributed by atoms with van der Waals surface area (Å²) in [7, 11) is 0. The van der Waals surface area contributed by atoms with Crippen LogP contribution in [0.2, 0.25) is 5.15 Å². The number of rotatable bonds is 2. The lowest BCUT2D eigenvalue weighted by Gasteiger charge is -2.14. The molecule has 0 aliphatic heterocycles. The Morgan fingerprint density at radius 2 is 1.86 bits per heavy atom. The van der Waals surface area contributed by atoms with Gasteiger partial charge in [0, 0.05) is 0 Å². The van der Waals surface area contributed by atoms with E-state index >= 15 is 0 Å². The summed E-state index contributed by atoms with van der Waals surface area (Å²) in [6.07, 6.45) is -4.50. The van der Waals surface area contributed by atoms with Gasteiger partial charge in [0.15, 0.2) is 0 Å². The van der Waals surface area contributed by atoms with Gasteiger partial charge in [-0.1, -0.05) is 30.7 Å². The Kier molecular flexibility index (Phi) is 3.95. The first-order chi connectivity index (χ1) is 9.77. The molecule has 0 bridgehead atoms. The van der Waals surface area contributed by atoms with Gasteiger partial charge in [0.1, 0.15) is 5.15 Å². The molecule has 0 amide bonds. The van der Waals surface area contributed by atoms with Gasteiger partial charge in [-0.25, -0.2) is 9.36 Å². The van der Waals surface area contributed by atoms with E-state index in [2.05, 4.69) is 4.98 Å². The van der Waals surface area contributed by atoms with Crippen LogP contribution in [-0.4, -0.2) is 9.55 Å². The molecule has 0 spiro atoms. The van der Waals surface area contributed by atoms with Crippen LogP contribution in [0.25, 0.3) is 5.69 Å². The average Bonchev–Trinajstić information content (AvgIpc) is 2.38. The van der Waals surface area contributed by atoms with E-state index in [-0.39, 0.29) is 17.1 Å². The minimum atomic E-state index is -4.69. The van der Waals surface area contributed by atoms with Crippen molar-refractivity contribution in [2.45, 2.75) is 19.5 Å². The molecule has 1 heterocycles. The molecular formula is C13H10ClF3N2O2. The number of halogens is 4. The lowest BCUT2D eigenvalue weighted by Crippen LogP contribution is -2.37. The second kappa shape index (κ2) is 5.40. The Labute approximate surface area is 121 Å². The first-order valence-corrected chi connectivity index (χ1v) is 6.35. The van der Waals surface area contributed by atoms with Crippen molar-refractivity contribution >= 4 is 11.6 Å². The Hall–Kier alpha value is -2.02. The zero-order valence-electron chi connectivity index (χ0n) is 10.8. The monoisotopic (exact) mass is 318 g/mol. The molecule has 0 saturated carbocycles. The number of nitrogens with one attached hydrogen (secondary N) is 1. The van der Waals surface area contributed by atoms with Gasteiger partial charge >= 0.3 is 11.9 Å². The molecule has 112 valence electrons. The normalized spacial score (nSPS) is 11.7. The van der Waals surface area contributed by atoms with Crippen molar-refractivity contribution in [3.8, 4) is 5.69 Å². The third kappa shape index (κ3) is 2.73. The number of para-hydroxylation sites is 1. The highest BCUT2D eigenvalue weighted by molar-refractivity contribution is 6.30. The molecule has 1 aromatic carbocycles. The van der Waals surface area contributed by atoms with Crippen LogP contribution in [-0.2, 0) is 12.6 Å². The number of hydrogen-bond acceptors (Lipinski definition) is 2. The van der Waals surface area contributed by atoms with E-state index in [9.17, 15) is 22.8 Å². The molecule has 2 rings (SSSR count). The fourth-order valence-electron chi connectivity index (χ4n) is 1.98. The highest BCUT2D eigenvalue weighted by Gasteiger charge is 2.34. The lowest BCUT2D eigenvalue weighted by molar-refractivity contribution is -0.137. The van der Waals surface area contributed by atoms with Crippen LogP contribution in [0.5, 0.6) is 0 Å². The molecule has 2 aromatic rings. The fourth-order valence-corrected chi connectivity index (χ4v) is 2.28. The second-order valence-corrected chi connectivity index (χ2v) is 4.61. The molecule has 21 heavy (non-hydrogen) atoms. The molecule has 0 aliphatic rings. The third-order valence-electron chi connectivity index (χ3n) is 2.95. The quantitative estimate of drug-likeness (QED) is 0.866. The third-order valence-corrected chi connectivity index (χ3v) is 3.27. The van der Waals surface area contributed by atoms with Gasteiger partial charge in [0.05, 0.1) is 16.8 Å². The van der Waals surface area contributed by atoms with E-state index < -0.39 is 28.7 Å². The minimum absolute atomic E-state index is 0.0493. The van der Waals surface area contributed by atoms with Gasteiger partial charge in [-0.2, -0.15) is 13.2 Å². The number of aromatic amines is 1. The van der Waals surface area contributed by atoms with Crippen molar-refractivity contribution in [3.63, 3.8) is 0 Å². The SMILES string of the molecule is CCc1c(Cl)[nH]c(=O)n(-c2ccccc2C(F)(F)F)c1=O. The van der Waals surface area contributed by atoms with Crippen molar-refractivity contribution < 1.29 is 13.2 Å². The van der Waals surface area contributed by atoms with Crippen LogP contribution in [0, 0.1) is 0 Å². The van der Waals surface area contributed by atoms with Crippen molar-refractivity contribution in [2.24, 2.45) is 0 Å². The molecule has 0 atom stereocenters. The zero-order valence-corrected chi connectivity index (χ0v) is 11.5. The number of alkyl halides is 3. The van der Waals surface area contributed by atoms with Gasteiger partial charge in [0.25, 0.3) is 5.56 Å². The minimum Gasteiger partial charge on any atom is -0.297 e. The van der Waals surface area contributed by atoms with Crippen molar-refractivity contribution in [2.75, 3.05) is 0 Å². The smallest absolute Gasteiger partial charge is 0.297 e. The van der Waals surface area contributed by atoms with Crippen LogP contribution >= 0.6 is 11.6 Å². The number of benzene rings is 1. The average molecular weight is 319 g/mol. The van der Waals surface area contributed by atoms with Gasteiger partial charge in [-0.3, -0.25) is 9.78 Å². The standard InChI is InChI=1S/C13H10ClF3N2O2/c1-2-7-10(14)18-12(21)19(11(7)20)9-6-4-3-5-8(9)13(15,16)17/h3-6H,2H2,1H3,(H,18,21). The van der Waals surface area contributed by atoms with E-state index in [1.807, 2.05) is 0 Å². The lowest BCUT2D eigenvalue weighted by atomic mass is 10.1. The summed E-state index contributed by atoms with van der Waals surface area (Å²) in [6, 6.07) is 4.37. The zero-order chi connectivity index (χ0) is 15.8. The molecule has 0 unspecified atom stereocenters. The summed E-state index contributed by atoms with van der Waals surface area (Å²) >= 11 is 5.73. The molecule has 4 nitrogen and oxygen atoms in total. The molecule has 0 aliphatic carbocycles. The molecule has 0 radical (unpaired) electrons. The molecule has 1 aromatic heterocycles. The number of nitrogens with zero attached hydrogens (tertiary/aromatic N) is 1. The Bertz CT molecular complexity index is 793. The van der Waals surface area contributed by atoms with Crippen LogP contribution < -0.4 is 11.2 Å². The van der Waals surface area contributed by atoms with Gasteiger partial charge < -0.3 is 0 Å². The topological polar surface area (TPSA) is 54.9 Å². The van der Waals surface area contributed by atoms with E-state index in [1.165, 1.54) is 12.1 Å². The van der Waals surface area contributed by atoms with Crippen molar-refractivity contribution in [1.29, 1.82) is 0 Å². The first-order valence-electron chi connectivity index (χ1n) is 5.97. The predicted octanol–water partition coefficient (Wildman–Crippen LogP) is 2.76. The highest BCUT2D eigenvalue weighted by Crippen LogP contribution is 2.32. The van der Waals surface area contributed by atoms with Crippen LogP contribution in [0.15, 0.2) is 33.9 Å². The van der Waals surface area contributed by atoms with E-state index in [0.29, 0.717) is 4.57 Å². The number of hydrogen-bond donors (Lipinski definition) is 1. The van der Waals surface area contributed by atoms with Gasteiger partial charge in [0.2, 0.25) is 0 Å². The Morgan fingerprint density at radius 3 is 2.43 bits per heavy atom. The van der Waals surface area contributed by atoms with Crippen LogP contribution in [0.4, 0.5) is 13.2 Å². The van der Waals surface area contributed by atoms with E-state index in [0.717, 1.165) is 12.1 Å². The summed E-state index contributed by atoms with van der Waals surface area (Å²) in [5.41, 5.74) is -3.42. The van der Waals surface area contributed by atoms with E-state index in [1.54, 1.807) is 6.92 Å². The van der Waals surface area contributed by atoms with Gasteiger partial charge in [-0.15, -0.1) is 0 Å². The Morgan fingerprint density at radius 1 is 1.24 bits per heavy atom. The fraction of sp³-hybridized carbons (Fsp3) is 0.231. The summed E-state index contributed by atoms with van der Waals surface area (Å²) in [5.74, 6) is 0. The second-order valence-electron chi connectivity index (χ2n) is 4.23. The largest absolute Gasteiger partial charge is 0.418 e. The molecule has 8 heteroatoms. The van der Waals surface area contributed by atoms with Crippen molar-refractivity contribution in [3.05, 3.63) is 61.4 Å². The number of aromatic nitrogens is 2. The molecule has 0 saturated heterocycles. The predicted molar refractivity (Wildman–Crippen MR) is 72.0 cm³/mol. The number of H-pyrrole nitrogens is 1. The first kappa shape index (κ1) is 15.4. The highest BCUT2D eigenvalue weighted by atomic mass is 35.5. The molecular weight excluding hydrogens is 309 g/mol. The van der Waals surface area contributed by atoms with Crippen LogP contribution in [0.1, 0.15) is 18.1 Å². The van der Waals surface area contributed by atoms with Gasteiger partial charge in [-0.05, 0) is 18.6 Å². The van der Waals surface area contributed by atoms with Crippen molar-refractivity contribution in [1.82, 2.24) is 9.55 Å². The summed E-state index contributed by atoms with van der Waals surface area (Å²) in [6.45, 7) is 1.61. The summed E-state index contributed by atoms with van der Waals surface area (Å²) in [5, 5.41) is -0.159. The Balaban J connectivity index is 2.87. The van der Waals surface area contributed by atoms with Crippen LogP contribution in [0.3, 0.4) is 0 Å². The summed E-state index contributed by atoms with van der Waals surface area (Å²) in [4.78, 5) is 26.3. The molecule has 0 fully saturated rings. The molecule has 1 N–H and O–H groups in total.